The first-order chi connectivity index (χ1) is 20.4. The Bertz CT molecular complexity index is 2010. The highest BCUT2D eigenvalue weighted by Crippen LogP contribution is 2.31. The first kappa shape index (κ1) is 27.1. The van der Waals surface area contributed by atoms with E-state index in [1.54, 1.807) is 49.1 Å². The molecule has 2 aromatic heterocycles. The zero-order valence-electron chi connectivity index (χ0n) is 22.9. The van der Waals surface area contributed by atoms with Crippen LogP contribution in [-0.2, 0) is 9.53 Å². The lowest BCUT2D eigenvalue weighted by Crippen LogP contribution is -2.39. The third-order valence-electron chi connectivity index (χ3n) is 7.03. The van der Waals surface area contributed by atoms with Crippen molar-refractivity contribution >= 4 is 23.4 Å². The van der Waals surface area contributed by atoms with Gasteiger partial charge in [-0.25, -0.2) is 18.9 Å². The molecule has 0 saturated heterocycles. The van der Waals surface area contributed by atoms with E-state index in [-0.39, 0.29) is 16.9 Å². The summed E-state index contributed by atoms with van der Waals surface area (Å²) in [4.78, 5) is 32.1. The summed E-state index contributed by atoms with van der Waals surface area (Å²) < 4.78 is 27.8. The van der Waals surface area contributed by atoms with Crippen LogP contribution in [0.4, 0.5) is 4.39 Å². The highest BCUT2D eigenvalue weighted by Gasteiger charge is 2.33. The molecule has 1 aliphatic rings. The zero-order chi connectivity index (χ0) is 29.4. The fraction of sp³-hybridized carbons (Fsp3) is 0.125. The van der Waals surface area contributed by atoms with Crippen LogP contribution in [0.15, 0.2) is 106 Å². The van der Waals surface area contributed by atoms with E-state index in [0.29, 0.717) is 43.2 Å². The van der Waals surface area contributed by atoms with E-state index in [4.69, 9.17) is 14.6 Å². The molecule has 210 valence electrons. The Morgan fingerprint density at radius 3 is 2.38 bits per heavy atom. The number of esters is 1. The van der Waals surface area contributed by atoms with Gasteiger partial charge in [0.25, 0.3) is 5.56 Å². The molecule has 3 aromatic carbocycles. The maximum Gasteiger partial charge on any atom is 0.338 e. The van der Waals surface area contributed by atoms with E-state index in [1.807, 2.05) is 48.7 Å². The minimum Gasteiger partial charge on any atom is -0.497 e. The van der Waals surface area contributed by atoms with Crippen LogP contribution in [-0.4, -0.2) is 34.5 Å². The molecular formula is C32H25FN4O4S. The molecule has 42 heavy (non-hydrogen) atoms. The normalized spacial score (nSPS) is 14.9. The number of allylic oxidation sites excluding steroid dienone is 1. The van der Waals surface area contributed by atoms with Gasteiger partial charge in [0.1, 0.15) is 17.3 Å². The number of rotatable bonds is 6. The molecule has 0 spiro atoms. The number of carbonyl (C=O) groups excluding carboxylic acids is 1. The van der Waals surface area contributed by atoms with Gasteiger partial charge in [0.05, 0.1) is 41.8 Å². The Morgan fingerprint density at radius 2 is 1.71 bits per heavy atom. The average Bonchev–Trinajstić information content (AvgIpc) is 3.57. The predicted molar refractivity (Wildman–Crippen MR) is 158 cm³/mol. The van der Waals surface area contributed by atoms with E-state index < -0.39 is 12.0 Å². The van der Waals surface area contributed by atoms with Crippen LogP contribution in [0.5, 0.6) is 5.75 Å². The number of nitrogens with zero attached hydrogens (tertiary/aromatic N) is 4. The number of hydrogen-bond acceptors (Lipinski definition) is 7. The summed E-state index contributed by atoms with van der Waals surface area (Å²) >= 11 is 1.22. The molecule has 6 rings (SSSR count). The Kier molecular flexibility index (Phi) is 7.13. The van der Waals surface area contributed by atoms with Gasteiger partial charge in [0, 0.05) is 17.3 Å². The molecule has 0 N–H and O–H groups in total. The zero-order valence-corrected chi connectivity index (χ0v) is 23.8. The standard InChI is InChI=1S/C32H25FN4O4S/c1-19-27(31(39)41-3)29(21-11-15-25(40-2)16-12-21)37-30(38)26(42-32(37)34-19)17-22-18-36(24-7-5-4-6-8-24)35-28(22)20-9-13-23(33)14-10-20/h4-18,29H,1-3H3. The van der Waals surface area contributed by atoms with E-state index >= 15 is 0 Å². The summed E-state index contributed by atoms with van der Waals surface area (Å²) in [6, 6.07) is 22.1. The number of fused-ring (bicyclic) bond motifs is 1. The number of aromatic nitrogens is 3. The van der Waals surface area contributed by atoms with Crippen molar-refractivity contribution in [2.75, 3.05) is 14.2 Å². The fourth-order valence-electron chi connectivity index (χ4n) is 4.97. The highest BCUT2D eigenvalue weighted by atomic mass is 32.1. The van der Waals surface area contributed by atoms with Gasteiger partial charge in [-0.1, -0.05) is 41.7 Å². The first-order valence-corrected chi connectivity index (χ1v) is 13.9. The monoisotopic (exact) mass is 580 g/mol. The SMILES string of the molecule is COC(=O)C1=C(C)N=c2sc(=Cc3cn(-c4ccccc4)nc3-c3ccc(F)cc3)c(=O)n2C1c1ccc(OC)cc1. The van der Waals surface area contributed by atoms with Crippen molar-refractivity contribution < 1.29 is 18.7 Å². The fourth-order valence-corrected chi connectivity index (χ4v) is 6.01. The number of halogens is 1. The van der Waals surface area contributed by atoms with Crippen molar-refractivity contribution in [3.63, 3.8) is 0 Å². The molecule has 3 heterocycles. The van der Waals surface area contributed by atoms with Crippen LogP contribution >= 0.6 is 11.3 Å². The third kappa shape index (κ3) is 4.86. The lowest BCUT2D eigenvalue weighted by atomic mass is 9.96. The summed E-state index contributed by atoms with van der Waals surface area (Å²) in [5.41, 5.74) is 3.94. The second-order valence-corrected chi connectivity index (χ2v) is 10.6. The van der Waals surface area contributed by atoms with Crippen LogP contribution in [0, 0.1) is 5.82 Å². The van der Waals surface area contributed by atoms with Crippen LogP contribution < -0.4 is 19.6 Å². The molecular weight excluding hydrogens is 555 g/mol. The van der Waals surface area contributed by atoms with Crippen molar-refractivity contribution in [1.29, 1.82) is 0 Å². The Morgan fingerprint density at radius 1 is 1.00 bits per heavy atom. The maximum absolute atomic E-state index is 14.1. The van der Waals surface area contributed by atoms with Gasteiger partial charge in [0.15, 0.2) is 4.80 Å². The molecule has 8 nitrogen and oxygen atoms in total. The molecule has 5 aromatic rings. The molecule has 0 aliphatic carbocycles. The minimum absolute atomic E-state index is 0.283. The number of hydrogen-bond donors (Lipinski definition) is 0. The van der Waals surface area contributed by atoms with Gasteiger partial charge in [-0.15, -0.1) is 0 Å². The second kappa shape index (κ2) is 11.1. The quantitative estimate of drug-likeness (QED) is 0.278. The first-order valence-electron chi connectivity index (χ1n) is 13.0. The Labute approximate surface area is 243 Å². The molecule has 1 unspecified atom stereocenters. The Balaban J connectivity index is 1.56. The number of ether oxygens (including phenoxy) is 2. The number of methoxy groups -OCH3 is 2. The van der Waals surface area contributed by atoms with Gasteiger partial charge < -0.3 is 9.47 Å². The van der Waals surface area contributed by atoms with Crippen LogP contribution in [0.1, 0.15) is 24.1 Å². The molecule has 0 fully saturated rings. The van der Waals surface area contributed by atoms with Crippen molar-refractivity contribution in [3.05, 3.63) is 133 Å². The smallest absolute Gasteiger partial charge is 0.338 e. The molecule has 1 aliphatic heterocycles. The van der Waals surface area contributed by atoms with Crippen molar-refractivity contribution in [2.45, 2.75) is 13.0 Å². The highest BCUT2D eigenvalue weighted by molar-refractivity contribution is 7.07. The van der Waals surface area contributed by atoms with E-state index in [2.05, 4.69) is 4.99 Å². The summed E-state index contributed by atoms with van der Waals surface area (Å²) in [5, 5.41) is 4.78. The number of para-hydroxylation sites is 1. The number of benzene rings is 3. The van der Waals surface area contributed by atoms with Gasteiger partial charge in [-0.05, 0) is 67.1 Å². The lowest BCUT2D eigenvalue weighted by molar-refractivity contribution is -0.136. The third-order valence-corrected chi connectivity index (χ3v) is 8.01. The summed E-state index contributed by atoms with van der Waals surface area (Å²) in [6.45, 7) is 1.73. The molecule has 0 amide bonds. The summed E-state index contributed by atoms with van der Waals surface area (Å²) in [7, 11) is 2.88. The van der Waals surface area contributed by atoms with Gasteiger partial charge in [-0.2, -0.15) is 5.10 Å². The molecule has 10 heteroatoms. The summed E-state index contributed by atoms with van der Waals surface area (Å²) in [6.07, 6.45) is 3.59. The lowest BCUT2D eigenvalue weighted by Gasteiger charge is -2.24. The average molecular weight is 581 g/mol. The van der Waals surface area contributed by atoms with E-state index in [1.165, 1.54) is 35.1 Å². The second-order valence-electron chi connectivity index (χ2n) is 9.57. The topological polar surface area (TPSA) is 87.7 Å². The number of thiazole rings is 1. The largest absolute Gasteiger partial charge is 0.497 e. The van der Waals surface area contributed by atoms with Crippen molar-refractivity contribution in [2.24, 2.45) is 4.99 Å². The van der Waals surface area contributed by atoms with Crippen molar-refractivity contribution in [3.8, 4) is 22.7 Å². The molecule has 0 radical (unpaired) electrons. The summed E-state index contributed by atoms with van der Waals surface area (Å²) in [5.74, 6) is -0.268. The Hall–Kier alpha value is -5.09. The minimum atomic E-state index is -0.745. The van der Waals surface area contributed by atoms with Crippen LogP contribution in [0.25, 0.3) is 23.0 Å². The van der Waals surface area contributed by atoms with Gasteiger partial charge in [0.2, 0.25) is 0 Å². The van der Waals surface area contributed by atoms with E-state index in [9.17, 15) is 14.0 Å². The maximum atomic E-state index is 14.1. The van der Waals surface area contributed by atoms with Crippen LogP contribution in [0.2, 0.25) is 0 Å². The molecule has 0 bridgehead atoms. The van der Waals surface area contributed by atoms with Gasteiger partial charge >= 0.3 is 5.97 Å². The van der Waals surface area contributed by atoms with Crippen molar-refractivity contribution in [1.82, 2.24) is 14.3 Å². The molecule has 0 saturated carbocycles. The van der Waals surface area contributed by atoms with E-state index in [0.717, 1.165) is 5.69 Å². The van der Waals surface area contributed by atoms with Crippen LogP contribution in [0.3, 0.4) is 0 Å². The number of carbonyl (C=O) groups is 1. The predicted octanol–water partition coefficient (Wildman–Crippen LogP) is 4.41. The molecule has 1 atom stereocenters. The van der Waals surface area contributed by atoms with Gasteiger partial charge in [-0.3, -0.25) is 9.36 Å².